The van der Waals surface area contributed by atoms with Gasteiger partial charge >= 0.3 is 0 Å². The van der Waals surface area contributed by atoms with Gasteiger partial charge in [-0.1, -0.05) is 12.1 Å². The SMILES string of the molecule is OCC1CCCNC1c1cccc(O)c1. The lowest BCUT2D eigenvalue weighted by atomic mass is 9.87. The summed E-state index contributed by atoms with van der Waals surface area (Å²) < 4.78 is 0. The van der Waals surface area contributed by atoms with Gasteiger partial charge in [-0.25, -0.2) is 0 Å². The van der Waals surface area contributed by atoms with E-state index in [-0.39, 0.29) is 24.3 Å². The van der Waals surface area contributed by atoms with Crippen molar-refractivity contribution < 1.29 is 10.2 Å². The zero-order valence-corrected chi connectivity index (χ0v) is 8.69. The smallest absolute Gasteiger partial charge is 0.115 e. The molecule has 0 bridgehead atoms. The standard InChI is InChI=1S/C12H17NO2/c14-8-10-4-2-6-13-12(10)9-3-1-5-11(15)7-9/h1,3,5,7,10,12-15H,2,4,6,8H2. The van der Waals surface area contributed by atoms with Crippen molar-refractivity contribution in [1.82, 2.24) is 5.32 Å². The molecule has 2 atom stereocenters. The van der Waals surface area contributed by atoms with Crippen molar-refractivity contribution in [2.45, 2.75) is 18.9 Å². The molecule has 2 unspecified atom stereocenters. The summed E-state index contributed by atoms with van der Waals surface area (Å²) in [6, 6.07) is 7.45. The Balaban J connectivity index is 2.20. The Kier molecular flexibility index (Phi) is 3.23. The lowest BCUT2D eigenvalue weighted by Gasteiger charge is -2.31. The second-order valence-electron chi connectivity index (χ2n) is 4.11. The van der Waals surface area contributed by atoms with E-state index in [9.17, 15) is 10.2 Å². The Morgan fingerprint density at radius 1 is 1.40 bits per heavy atom. The van der Waals surface area contributed by atoms with Gasteiger partial charge in [0.05, 0.1) is 0 Å². The van der Waals surface area contributed by atoms with Gasteiger partial charge in [0, 0.05) is 18.6 Å². The average molecular weight is 207 g/mol. The number of piperidine rings is 1. The van der Waals surface area contributed by atoms with E-state index >= 15 is 0 Å². The van der Waals surface area contributed by atoms with Crippen molar-refractivity contribution in [3.8, 4) is 5.75 Å². The average Bonchev–Trinajstić information content (AvgIpc) is 2.29. The van der Waals surface area contributed by atoms with E-state index in [1.807, 2.05) is 12.1 Å². The second kappa shape index (κ2) is 4.64. The normalized spacial score (nSPS) is 26.5. The fourth-order valence-electron chi connectivity index (χ4n) is 2.26. The second-order valence-corrected chi connectivity index (χ2v) is 4.11. The van der Waals surface area contributed by atoms with Crippen molar-refractivity contribution in [3.05, 3.63) is 29.8 Å². The molecular formula is C12H17NO2. The highest BCUT2D eigenvalue weighted by Gasteiger charge is 2.25. The summed E-state index contributed by atoms with van der Waals surface area (Å²) in [6.07, 6.45) is 2.16. The molecule has 1 heterocycles. The summed E-state index contributed by atoms with van der Waals surface area (Å²) in [7, 11) is 0. The molecule has 2 rings (SSSR count). The van der Waals surface area contributed by atoms with Crippen LogP contribution in [0, 0.1) is 5.92 Å². The third kappa shape index (κ3) is 2.30. The maximum Gasteiger partial charge on any atom is 0.115 e. The van der Waals surface area contributed by atoms with Gasteiger partial charge < -0.3 is 15.5 Å². The summed E-state index contributed by atoms with van der Waals surface area (Å²) in [5.74, 6) is 0.553. The Labute approximate surface area is 89.8 Å². The van der Waals surface area contributed by atoms with Crippen LogP contribution in [0.2, 0.25) is 0 Å². The zero-order valence-electron chi connectivity index (χ0n) is 8.69. The number of hydrogen-bond acceptors (Lipinski definition) is 3. The number of aliphatic hydroxyl groups excluding tert-OH is 1. The van der Waals surface area contributed by atoms with Gasteiger partial charge in [-0.15, -0.1) is 0 Å². The Morgan fingerprint density at radius 2 is 2.27 bits per heavy atom. The van der Waals surface area contributed by atoms with E-state index in [2.05, 4.69) is 5.32 Å². The summed E-state index contributed by atoms with van der Waals surface area (Å²) in [6.45, 7) is 1.18. The van der Waals surface area contributed by atoms with Crippen LogP contribution >= 0.6 is 0 Å². The molecule has 1 fully saturated rings. The topological polar surface area (TPSA) is 52.5 Å². The van der Waals surface area contributed by atoms with E-state index in [0.717, 1.165) is 24.9 Å². The minimum absolute atomic E-state index is 0.177. The van der Waals surface area contributed by atoms with Crippen molar-refractivity contribution in [1.29, 1.82) is 0 Å². The molecule has 1 saturated heterocycles. The molecule has 0 aromatic heterocycles. The van der Waals surface area contributed by atoms with Gasteiger partial charge in [-0.2, -0.15) is 0 Å². The third-order valence-corrected chi connectivity index (χ3v) is 3.05. The van der Waals surface area contributed by atoms with Crippen LogP contribution in [0.1, 0.15) is 24.4 Å². The number of aliphatic hydroxyl groups is 1. The van der Waals surface area contributed by atoms with Crippen LogP contribution < -0.4 is 5.32 Å². The number of hydrogen-bond donors (Lipinski definition) is 3. The molecule has 3 nitrogen and oxygen atoms in total. The molecule has 3 N–H and O–H groups in total. The summed E-state index contributed by atoms with van der Waals surface area (Å²) >= 11 is 0. The van der Waals surface area contributed by atoms with E-state index in [0.29, 0.717) is 0 Å². The van der Waals surface area contributed by atoms with Gasteiger partial charge in [0.15, 0.2) is 0 Å². The Morgan fingerprint density at radius 3 is 3.00 bits per heavy atom. The van der Waals surface area contributed by atoms with Crippen LogP contribution in [0.15, 0.2) is 24.3 Å². The number of rotatable bonds is 2. The molecule has 0 aliphatic carbocycles. The molecule has 1 aliphatic heterocycles. The molecule has 0 amide bonds. The maximum absolute atomic E-state index is 9.41. The highest BCUT2D eigenvalue weighted by molar-refractivity contribution is 5.30. The van der Waals surface area contributed by atoms with Crippen LogP contribution in [-0.4, -0.2) is 23.4 Å². The lowest BCUT2D eigenvalue weighted by molar-refractivity contribution is 0.160. The van der Waals surface area contributed by atoms with Crippen molar-refractivity contribution in [2.75, 3.05) is 13.2 Å². The minimum atomic E-state index is 0.177. The predicted octanol–water partition coefficient (Wildman–Crippen LogP) is 1.43. The molecule has 1 aliphatic rings. The molecule has 3 heteroatoms. The van der Waals surface area contributed by atoms with Gasteiger partial charge in [-0.05, 0) is 37.1 Å². The molecule has 0 spiro atoms. The van der Waals surface area contributed by atoms with Crippen LogP contribution in [-0.2, 0) is 0 Å². The molecule has 1 aromatic carbocycles. The molecule has 82 valence electrons. The molecule has 0 radical (unpaired) electrons. The van der Waals surface area contributed by atoms with E-state index < -0.39 is 0 Å². The quantitative estimate of drug-likeness (QED) is 0.687. The van der Waals surface area contributed by atoms with Crippen LogP contribution in [0.25, 0.3) is 0 Å². The molecular weight excluding hydrogens is 190 g/mol. The molecule has 1 aromatic rings. The number of nitrogens with one attached hydrogen (secondary N) is 1. The first-order chi connectivity index (χ1) is 7.31. The summed E-state index contributed by atoms with van der Waals surface area (Å²) in [4.78, 5) is 0. The van der Waals surface area contributed by atoms with E-state index in [1.165, 1.54) is 0 Å². The van der Waals surface area contributed by atoms with Gasteiger partial charge in [0.1, 0.15) is 5.75 Å². The first-order valence-corrected chi connectivity index (χ1v) is 5.44. The van der Waals surface area contributed by atoms with Crippen molar-refractivity contribution >= 4 is 0 Å². The van der Waals surface area contributed by atoms with Crippen molar-refractivity contribution in [3.63, 3.8) is 0 Å². The van der Waals surface area contributed by atoms with Crippen molar-refractivity contribution in [2.24, 2.45) is 5.92 Å². The number of aromatic hydroxyl groups is 1. The highest BCUT2D eigenvalue weighted by Crippen LogP contribution is 2.30. The molecule has 15 heavy (non-hydrogen) atoms. The van der Waals surface area contributed by atoms with Crippen LogP contribution in [0.3, 0.4) is 0 Å². The zero-order chi connectivity index (χ0) is 10.7. The summed E-state index contributed by atoms with van der Waals surface area (Å²) in [5, 5.41) is 22.1. The van der Waals surface area contributed by atoms with Gasteiger partial charge in [0.25, 0.3) is 0 Å². The third-order valence-electron chi connectivity index (χ3n) is 3.05. The first-order valence-electron chi connectivity index (χ1n) is 5.44. The maximum atomic E-state index is 9.41. The van der Waals surface area contributed by atoms with Crippen LogP contribution in [0.5, 0.6) is 5.75 Å². The fraction of sp³-hybridized carbons (Fsp3) is 0.500. The minimum Gasteiger partial charge on any atom is -0.508 e. The van der Waals surface area contributed by atoms with E-state index in [4.69, 9.17) is 0 Å². The van der Waals surface area contributed by atoms with Crippen LogP contribution in [0.4, 0.5) is 0 Å². The lowest BCUT2D eigenvalue weighted by Crippen LogP contribution is -2.35. The summed E-state index contributed by atoms with van der Waals surface area (Å²) in [5.41, 5.74) is 1.06. The fourth-order valence-corrected chi connectivity index (χ4v) is 2.26. The highest BCUT2D eigenvalue weighted by atomic mass is 16.3. The molecule has 0 saturated carbocycles. The number of phenols is 1. The number of benzene rings is 1. The monoisotopic (exact) mass is 207 g/mol. The van der Waals surface area contributed by atoms with Gasteiger partial charge in [-0.3, -0.25) is 0 Å². The first kappa shape index (κ1) is 10.5. The number of phenolic OH excluding ortho intramolecular Hbond substituents is 1. The van der Waals surface area contributed by atoms with E-state index in [1.54, 1.807) is 12.1 Å². The Hall–Kier alpha value is -1.06. The Bertz CT molecular complexity index is 327. The largest absolute Gasteiger partial charge is 0.508 e. The predicted molar refractivity (Wildman–Crippen MR) is 58.7 cm³/mol. The van der Waals surface area contributed by atoms with Gasteiger partial charge in [0.2, 0.25) is 0 Å².